The summed E-state index contributed by atoms with van der Waals surface area (Å²) in [5.41, 5.74) is -0.0330. The van der Waals surface area contributed by atoms with Crippen molar-refractivity contribution >= 4 is 27.2 Å². The Balaban J connectivity index is 1.54. The van der Waals surface area contributed by atoms with Crippen molar-refractivity contribution in [2.45, 2.75) is 11.1 Å². The van der Waals surface area contributed by atoms with Crippen LogP contribution >= 0.6 is 0 Å². The SMILES string of the molecule is CS(=O)(=O)c1ccc(N2CCOCC2)c(C(=O)N2CCN(c3cccc(C(F)(F)F)n3)CC2)c1. The summed E-state index contributed by atoms with van der Waals surface area (Å²) in [6.07, 6.45) is -3.44. The molecular weight excluding hydrogens is 473 g/mol. The minimum atomic E-state index is -4.53. The average Bonchev–Trinajstić information content (AvgIpc) is 2.83. The van der Waals surface area contributed by atoms with Crippen molar-refractivity contribution < 1.29 is 31.1 Å². The Morgan fingerprint density at radius 1 is 0.971 bits per heavy atom. The monoisotopic (exact) mass is 498 g/mol. The lowest BCUT2D eigenvalue weighted by atomic mass is 10.1. The average molecular weight is 499 g/mol. The third-order valence-corrected chi connectivity index (χ3v) is 7.00. The highest BCUT2D eigenvalue weighted by Crippen LogP contribution is 2.30. The van der Waals surface area contributed by atoms with Crippen LogP contribution in [0, 0.1) is 0 Å². The number of carbonyl (C=O) groups is 1. The molecule has 0 unspecified atom stereocenters. The van der Waals surface area contributed by atoms with E-state index in [0.717, 1.165) is 12.3 Å². The Labute approximate surface area is 195 Å². The van der Waals surface area contributed by atoms with Gasteiger partial charge in [-0.25, -0.2) is 13.4 Å². The number of carbonyl (C=O) groups excluding carboxylic acids is 1. The molecule has 0 N–H and O–H groups in total. The Morgan fingerprint density at radius 2 is 1.65 bits per heavy atom. The first-order valence-electron chi connectivity index (χ1n) is 10.8. The quantitative estimate of drug-likeness (QED) is 0.640. The van der Waals surface area contributed by atoms with Crippen molar-refractivity contribution in [1.29, 1.82) is 0 Å². The van der Waals surface area contributed by atoms with Crippen LogP contribution in [0.2, 0.25) is 0 Å². The molecule has 0 aliphatic carbocycles. The molecule has 0 bridgehead atoms. The summed E-state index contributed by atoms with van der Waals surface area (Å²) < 4.78 is 68.6. The van der Waals surface area contributed by atoms with E-state index in [1.54, 1.807) is 15.9 Å². The number of pyridine rings is 1. The third-order valence-electron chi connectivity index (χ3n) is 5.89. The van der Waals surface area contributed by atoms with Gasteiger partial charge in [0.1, 0.15) is 11.5 Å². The van der Waals surface area contributed by atoms with E-state index in [-0.39, 0.29) is 35.3 Å². The van der Waals surface area contributed by atoms with Gasteiger partial charge in [-0.2, -0.15) is 13.2 Å². The van der Waals surface area contributed by atoms with Gasteiger partial charge in [0.25, 0.3) is 5.91 Å². The molecule has 12 heteroatoms. The molecule has 1 aromatic carbocycles. The maximum absolute atomic E-state index is 13.5. The topological polar surface area (TPSA) is 83.0 Å². The molecule has 2 aromatic rings. The first-order chi connectivity index (χ1) is 16.0. The van der Waals surface area contributed by atoms with Gasteiger partial charge >= 0.3 is 6.18 Å². The lowest BCUT2D eigenvalue weighted by Crippen LogP contribution is -2.49. The van der Waals surface area contributed by atoms with Crippen molar-refractivity contribution in [1.82, 2.24) is 9.88 Å². The van der Waals surface area contributed by atoms with Crippen molar-refractivity contribution in [3.8, 4) is 0 Å². The summed E-state index contributed by atoms with van der Waals surface area (Å²) >= 11 is 0. The van der Waals surface area contributed by atoms with Crippen LogP contribution in [0.1, 0.15) is 16.1 Å². The van der Waals surface area contributed by atoms with Gasteiger partial charge in [0.05, 0.1) is 23.7 Å². The fourth-order valence-electron chi connectivity index (χ4n) is 4.06. The molecule has 34 heavy (non-hydrogen) atoms. The van der Waals surface area contributed by atoms with E-state index >= 15 is 0 Å². The predicted octanol–water partition coefficient (Wildman–Crippen LogP) is 2.30. The second-order valence-electron chi connectivity index (χ2n) is 8.21. The number of benzene rings is 1. The first kappa shape index (κ1) is 24.3. The standard InChI is InChI=1S/C22H25F3N4O4S/c1-34(31,32)16-5-6-18(27-11-13-33-14-12-27)17(15-16)21(30)29-9-7-28(8-10-29)20-4-2-3-19(26-20)22(23,24)25/h2-6,15H,7-14H2,1H3. The number of alkyl halides is 3. The zero-order valence-corrected chi connectivity index (χ0v) is 19.4. The molecule has 1 aromatic heterocycles. The lowest BCUT2D eigenvalue weighted by Gasteiger charge is -2.37. The summed E-state index contributed by atoms with van der Waals surface area (Å²) in [5, 5.41) is 0. The molecular formula is C22H25F3N4O4S. The molecule has 184 valence electrons. The van der Waals surface area contributed by atoms with Crippen molar-refractivity contribution in [3.05, 3.63) is 47.7 Å². The molecule has 0 atom stereocenters. The zero-order chi connectivity index (χ0) is 24.5. The number of aromatic nitrogens is 1. The van der Waals surface area contributed by atoms with E-state index in [0.29, 0.717) is 45.1 Å². The molecule has 2 aliphatic heterocycles. The molecule has 2 fully saturated rings. The van der Waals surface area contributed by atoms with Crippen LogP contribution in [-0.4, -0.2) is 82.9 Å². The van der Waals surface area contributed by atoms with Gasteiger partial charge in [-0.05, 0) is 30.3 Å². The van der Waals surface area contributed by atoms with Gasteiger partial charge < -0.3 is 19.4 Å². The van der Waals surface area contributed by atoms with Gasteiger partial charge in [0.2, 0.25) is 0 Å². The third kappa shape index (κ3) is 5.27. The van der Waals surface area contributed by atoms with E-state index < -0.39 is 21.7 Å². The van der Waals surface area contributed by atoms with E-state index in [4.69, 9.17) is 4.74 Å². The summed E-state index contributed by atoms with van der Waals surface area (Å²) in [6, 6.07) is 8.30. The normalized spacial score (nSPS) is 17.7. The summed E-state index contributed by atoms with van der Waals surface area (Å²) in [6.45, 7) is 3.30. The van der Waals surface area contributed by atoms with Gasteiger partial charge in [-0.3, -0.25) is 4.79 Å². The Kier molecular flexibility index (Phi) is 6.72. The Hall–Kier alpha value is -2.86. The van der Waals surface area contributed by atoms with Crippen molar-refractivity contribution in [2.75, 3.05) is 68.5 Å². The molecule has 0 saturated carbocycles. The van der Waals surface area contributed by atoms with Crippen LogP contribution in [0.4, 0.5) is 24.7 Å². The van der Waals surface area contributed by atoms with Gasteiger partial charge in [-0.15, -0.1) is 0 Å². The van der Waals surface area contributed by atoms with Gasteiger partial charge in [0.15, 0.2) is 9.84 Å². The fourth-order valence-corrected chi connectivity index (χ4v) is 4.71. The first-order valence-corrected chi connectivity index (χ1v) is 12.7. The maximum atomic E-state index is 13.5. The van der Waals surface area contributed by atoms with E-state index in [1.165, 1.54) is 24.3 Å². The van der Waals surface area contributed by atoms with Crippen LogP contribution < -0.4 is 9.80 Å². The molecule has 3 heterocycles. The Morgan fingerprint density at radius 3 is 2.26 bits per heavy atom. The summed E-state index contributed by atoms with van der Waals surface area (Å²) in [7, 11) is -3.52. The fraction of sp³-hybridized carbons (Fsp3) is 0.455. The molecule has 0 spiro atoms. The number of hydrogen-bond donors (Lipinski definition) is 0. The second kappa shape index (κ2) is 9.41. The molecule has 2 saturated heterocycles. The predicted molar refractivity (Wildman–Crippen MR) is 120 cm³/mol. The van der Waals surface area contributed by atoms with Crippen LogP contribution in [-0.2, 0) is 20.8 Å². The van der Waals surface area contributed by atoms with Crippen LogP contribution in [0.3, 0.4) is 0 Å². The number of piperazine rings is 1. The maximum Gasteiger partial charge on any atom is 0.433 e. The van der Waals surface area contributed by atoms with Crippen LogP contribution in [0.15, 0.2) is 41.3 Å². The molecule has 0 radical (unpaired) electrons. The van der Waals surface area contributed by atoms with E-state index in [9.17, 15) is 26.4 Å². The van der Waals surface area contributed by atoms with Gasteiger partial charge in [0, 0.05) is 51.2 Å². The van der Waals surface area contributed by atoms with Gasteiger partial charge in [-0.1, -0.05) is 6.07 Å². The molecule has 1 amide bonds. The highest BCUT2D eigenvalue weighted by Gasteiger charge is 2.33. The number of rotatable bonds is 4. The summed E-state index contributed by atoms with van der Waals surface area (Å²) in [4.78, 5) is 22.5. The number of morpholine rings is 1. The van der Waals surface area contributed by atoms with E-state index in [1.807, 2.05) is 4.90 Å². The molecule has 8 nitrogen and oxygen atoms in total. The van der Waals surface area contributed by atoms with Crippen molar-refractivity contribution in [2.24, 2.45) is 0 Å². The minimum absolute atomic E-state index is 0.0552. The smallest absolute Gasteiger partial charge is 0.378 e. The zero-order valence-electron chi connectivity index (χ0n) is 18.6. The highest BCUT2D eigenvalue weighted by atomic mass is 32.2. The second-order valence-corrected chi connectivity index (χ2v) is 10.2. The number of anilines is 2. The highest BCUT2D eigenvalue weighted by molar-refractivity contribution is 7.90. The number of amides is 1. The number of sulfone groups is 1. The number of ether oxygens (including phenoxy) is 1. The summed E-state index contributed by atoms with van der Waals surface area (Å²) in [5.74, 6) is -0.112. The molecule has 4 rings (SSSR count). The molecule has 2 aliphatic rings. The minimum Gasteiger partial charge on any atom is -0.378 e. The largest absolute Gasteiger partial charge is 0.433 e. The van der Waals surface area contributed by atoms with E-state index in [2.05, 4.69) is 4.98 Å². The number of nitrogens with zero attached hydrogens (tertiary/aromatic N) is 4. The Bertz CT molecular complexity index is 1160. The number of halogens is 3. The van der Waals surface area contributed by atoms with Crippen molar-refractivity contribution in [3.63, 3.8) is 0 Å². The van der Waals surface area contributed by atoms with Crippen LogP contribution in [0.5, 0.6) is 0 Å². The number of hydrogen-bond acceptors (Lipinski definition) is 7. The van der Waals surface area contributed by atoms with Crippen LogP contribution in [0.25, 0.3) is 0 Å². The lowest BCUT2D eigenvalue weighted by molar-refractivity contribution is -0.141.